The summed E-state index contributed by atoms with van der Waals surface area (Å²) in [5, 5.41) is 8.62. The first-order valence-corrected chi connectivity index (χ1v) is 4.27. The van der Waals surface area contributed by atoms with Gasteiger partial charge in [-0.1, -0.05) is 12.5 Å². The van der Waals surface area contributed by atoms with E-state index in [1.54, 1.807) is 0 Å². The SMILES string of the molecule is [C-]#[N+]C(C#N)=C1CCC(C)CC1. The lowest BCUT2D eigenvalue weighted by atomic mass is 9.86. The average molecular weight is 160 g/mol. The Morgan fingerprint density at radius 2 is 2.17 bits per heavy atom. The van der Waals surface area contributed by atoms with Crippen LogP contribution in [-0.4, -0.2) is 0 Å². The Balaban J connectivity index is 2.73. The van der Waals surface area contributed by atoms with Gasteiger partial charge in [0.25, 0.3) is 5.70 Å². The number of nitriles is 1. The van der Waals surface area contributed by atoms with Crippen molar-refractivity contribution in [3.63, 3.8) is 0 Å². The Morgan fingerprint density at radius 1 is 1.58 bits per heavy atom. The molecule has 0 amide bonds. The highest BCUT2D eigenvalue weighted by Gasteiger charge is 2.15. The lowest BCUT2D eigenvalue weighted by molar-refractivity contribution is 0.443. The van der Waals surface area contributed by atoms with Crippen LogP contribution in [0.5, 0.6) is 0 Å². The number of nitrogens with zero attached hydrogens (tertiary/aromatic N) is 2. The van der Waals surface area contributed by atoms with Gasteiger partial charge in [-0.2, -0.15) is 0 Å². The summed E-state index contributed by atoms with van der Waals surface area (Å²) in [6, 6.07) is 1.96. The third-order valence-corrected chi connectivity index (χ3v) is 2.43. The van der Waals surface area contributed by atoms with Crippen LogP contribution in [0.3, 0.4) is 0 Å². The van der Waals surface area contributed by atoms with Crippen LogP contribution in [-0.2, 0) is 0 Å². The van der Waals surface area contributed by atoms with Gasteiger partial charge in [0.05, 0.1) is 12.6 Å². The van der Waals surface area contributed by atoms with Crippen molar-refractivity contribution < 1.29 is 0 Å². The Bertz CT molecular complexity index is 249. The van der Waals surface area contributed by atoms with Crippen LogP contribution in [0.1, 0.15) is 32.6 Å². The van der Waals surface area contributed by atoms with Crippen LogP contribution in [0.2, 0.25) is 0 Å². The van der Waals surface area contributed by atoms with Gasteiger partial charge in [0.15, 0.2) is 0 Å². The maximum atomic E-state index is 8.62. The molecule has 0 spiro atoms. The van der Waals surface area contributed by atoms with Gasteiger partial charge in [0.2, 0.25) is 0 Å². The normalized spacial score (nSPS) is 22.6. The van der Waals surface area contributed by atoms with Crippen molar-refractivity contribution in [2.24, 2.45) is 5.92 Å². The topological polar surface area (TPSA) is 28.1 Å². The van der Waals surface area contributed by atoms with Crippen molar-refractivity contribution in [2.45, 2.75) is 32.6 Å². The van der Waals surface area contributed by atoms with Crippen LogP contribution in [0, 0.1) is 23.8 Å². The molecule has 1 rings (SSSR count). The van der Waals surface area contributed by atoms with Gasteiger partial charge >= 0.3 is 0 Å². The van der Waals surface area contributed by atoms with Crippen molar-refractivity contribution in [3.8, 4) is 6.07 Å². The molecule has 0 aromatic rings. The van der Waals surface area contributed by atoms with E-state index >= 15 is 0 Å². The standard InChI is InChI=1S/C10H12N2/c1-8-3-5-9(6-4-8)10(7-11)12-2/h8H,3-6H2,1H3. The minimum Gasteiger partial charge on any atom is -0.227 e. The molecule has 12 heavy (non-hydrogen) atoms. The maximum absolute atomic E-state index is 8.62. The summed E-state index contributed by atoms with van der Waals surface area (Å²) < 4.78 is 0. The van der Waals surface area contributed by atoms with E-state index in [0.29, 0.717) is 5.70 Å². The molecule has 2 heteroatoms. The number of rotatable bonds is 0. The molecule has 0 aliphatic heterocycles. The molecule has 1 aliphatic rings. The van der Waals surface area contributed by atoms with Crippen LogP contribution < -0.4 is 0 Å². The predicted octanol–water partition coefficient (Wildman–Crippen LogP) is 2.89. The number of hydrogen-bond acceptors (Lipinski definition) is 1. The van der Waals surface area contributed by atoms with Gasteiger partial charge in [-0.25, -0.2) is 10.1 Å². The van der Waals surface area contributed by atoms with Crippen LogP contribution >= 0.6 is 0 Å². The molecule has 0 atom stereocenters. The first-order valence-electron chi connectivity index (χ1n) is 4.27. The first kappa shape index (κ1) is 8.81. The minimum atomic E-state index is 0.335. The molecule has 1 saturated carbocycles. The van der Waals surface area contributed by atoms with Crippen molar-refractivity contribution >= 4 is 0 Å². The van der Waals surface area contributed by atoms with E-state index in [-0.39, 0.29) is 0 Å². The molecule has 0 heterocycles. The second-order valence-electron chi connectivity index (χ2n) is 3.36. The van der Waals surface area contributed by atoms with Crippen molar-refractivity contribution in [1.82, 2.24) is 0 Å². The largest absolute Gasteiger partial charge is 0.261 e. The Labute approximate surface area is 73.3 Å². The summed E-state index contributed by atoms with van der Waals surface area (Å²) in [5.74, 6) is 0.763. The quantitative estimate of drug-likeness (QED) is 0.395. The van der Waals surface area contributed by atoms with E-state index in [9.17, 15) is 0 Å². The molecule has 0 unspecified atom stereocenters. The van der Waals surface area contributed by atoms with Gasteiger partial charge < -0.3 is 0 Å². The molecule has 1 aliphatic carbocycles. The average Bonchev–Trinajstić information content (AvgIpc) is 2.10. The minimum absolute atomic E-state index is 0.335. The summed E-state index contributed by atoms with van der Waals surface area (Å²) in [6.07, 6.45) is 4.17. The zero-order chi connectivity index (χ0) is 8.97. The van der Waals surface area contributed by atoms with E-state index in [4.69, 9.17) is 11.8 Å². The Morgan fingerprint density at radius 3 is 2.58 bits per heavy atom. The van der Waals surface area contributed by atoms with E-state index in [1.165, 1.54) is 0 Å². The third-order valence-electron chi connectivity index (χ3n) is 2.43. The molecule has 0 N–H and O–H groups in total. The van der Waals surface area contributed by atoms with Crippen molar-refractivity contribution in [1.29, 1.82) is 5.26 Å². The van der Waals surface area contributed by atoms with E-state index in [1.807, 2.05) is 6.07 Å². The number of hydrogen-bond donors (Lipinski definition) is 0. The molecule has 0 radical (unpaired) electrons. The lowest BCUT2D eigenvalue weighted by Crippen LogP contribution is -2.05. The fourth-order valence-electron chi connectivity index (χ4n) is 1.53. The monoisotopic (exact) mass is 160 g/mol. The Kier molecular flexibility index (Phi) is 2.88. The summed E-state index contributed by atoms with van der Waals surface area (Å²) >= 11 is 0. The van der Waals surface area contributed by atoms with E-state index < -0.39 is 0 Å². The molecule has 2 nitrogen and oxygen atoms in total. The number of allylic oxidation sites excluding steroid dienone is 2. The highest BCUT2D eigenvalue weighted by Crippen LogP contribution is 2.29. The maximum Gasteiger partial charge on any atom is 0.261 e. The molecule has 0 saturated heterocycles. The molecule has 62 valence electrons. The predicted molar refractivity (Wildman–Crippen MR) is 46.9 cm³/mol. The third kappa shape index (κ3) is 1.86. The molecular formula is C10H12N2. The molecule has 0 bridgehead atoms. The smallest absolute Gasteiger partial charge is 0.227 e. The lowest BCUT2D eigenvalue weighted by Gasteiger charge is -2.19. The Hall–Kier alpha value is -1.28. The van der Waals surface area contributed by atoms with Gasteiger partial charge in [0, 0.05) is 0 Å². The zero-order valence-corrected chi connectivity index (χ0v) is 7.30. The van der Waals surface area contributed by atoms with Gasteiger partial charge in [-0.3, -0.25) is 0 Å². The molecule has 1 fully saturated rings. The van der Waals surface area contributed by atoms with Gasteiger partial charge in [-0.05, 0) is 31.6 Å². The zero-order valence-electron chi connectivity index (χ0n) is 7.30. The fraction of sp³-hybridized carbons (Fsp3) is 0.600. The van der Waals surface area contributed by atoms with Crippen LogP contribution in [0.25, 0.3) is 4.85 Å². The summed E-state index contributed by atoms with van der Waals surface area (Å²) in [4.78, 5) is 3.22. The van der Waals surface area contributed by atoms with Crippen LogP contribution in [0.15, 0.2) is 11.3 Å². The van der Waals surface area contributed by atoms with Crippen molar-refractivity contribution in [3.05, 3.63) is 22.7 Å². The van der Waals surface area contributed by atoms with Crippen LogP contribution in [0.4, 0.5) is 0 Å². The van der Waals surface area contributed by atoms with Crippen molar-refractivity contribution in [2.75, 3.05) is 0 Å². The highest BCUT2D eigenvalue weighted by molar-refractivity contribution is 5.33. The highest BCUT2D eigenvalue weighted by atomic mass is 14.7. The van der Waals surface area contributed by atoms with Gasteiger partial charge in [0.1, 0.15) is 0 Å². The summed E-state index contributed by atoms with van der Waals surface area (Å²) in [7, 11) is 0. The van der Waals surface area contributed by atoms with Gasteiger partial charge in [-0.15, -0.1) is 0 Å². The second-order valence-corrected chi connectivity index (χ2v) is 3.36. The second kappa shape index (κ2) is 3.93. The summed E-state index contributed by atoms with van der Waals surface area (Å²) in [6.45, 7) is 9.01. The van der Waals surface area contributed by atoms with E-state index in [0.717, 1.165) is 37.2 Å². The molecular weight excluding hydrogens is 148 g/mol. The molecule has 0 aromatic heterocycles. The fourth-order valence-corrected chi connectivity index (χ4v) is 1.53. The first-order chi connectivity index (χ1) is 5.77. The summed E-state index contributed by atoms with van der Waals surface area (Å²) in [5.41, 5.74) is 1.41. The van der Waals surface area contributed by atoms with E-state index in [2.05, 4.69) is 11.8 Å². The molecule has 0 aromatic carbocycles.